The van der Waals surface area contributed by atoms with Crippen LogP contribution < -0.4 is 5.48 Å². The van der Waals surface area contributed by atoms with Crippen LogP contribution in [-0.4, -0.2) is 27.5 Å². The minimum Gasteiger partial charge on any atom is -0.479 e. The summed E-state index contributed by atoms with van der Waals surface area (Å²) in [5.74, 6) is -1.18. The summed E-state index contributed by atoms with van der Waals surface area (Å²) in [5, 5.41) is 25.8. The van der Waals surface area contributed by atoms with E-state index in [1.54, 1.807) is 0 Å². The molecule has 0 aliphatic rings. The van der Waals surface area contributed by atoms with Gasteiger partial charge < -0.3 is 15.4 Å². The Labute approximate surface area is 174 Å². The summed E-state index contributed by atoms with van der Waals surface area (Å²) in [6.07, 6.45) is -1.14. The van der Waals surface area contributed by atoms with Crippen LogP contribution in [0.3, 0.4) is 0 Å². The van der Waals surface area contributed by atoms with Crippen molar-refractivity contribution in [2.75, 3.05) is 0 Å². The Balaban J connectivity index is 0. The van der Waals surface area contributed by atoms with Crippen LogP contribution in [0, 0.1) is 6.92 Å². The van der Waals surface area contributed by atoms with Crippen LogP contribution >= 0.6 is 0 Å². The van der Waals surface area contributed by atoms with E-state index in [1.807, 2.05) is 75.4 Å². The normalized spacial score (nSPS) is 10.1. The Morgan fingerprint density at radius 1 is 1.00 bits per heavy atom. The van der Waals surface area contributed by atoms with Crippen molar-refractivity contribution in [3.05, 3.63) is 71.3 Å². The Morgan fingerprint density at radius 3 is 1.96 bits per heavy atom. The van der Waals surface area contributed by atoms with Crippen LogP contribution in [0.4, 0.5) is 0 Å². The van der Waals surface area contributed by atoms with Gasteiger partial charge in [0.25, 0.3) is 0 Å². The molecule has 0 bridgehead atoms. The molecule has 0 heterocycles. The molecule has 0 aromatic heterocycles. The Bertz CT molecular complexity index is 561. The first-order valence-corrected chi connectivity index (χ1v) is 7.90. The molecule has 135 valence electrons. The summed E-state index contributed by atoms with van der Waals surface area (Å²) in [6.45, 7) is 6.47. The maximum absolute atomic E-state index is 10.3. The molecule has 0 aliphatic carbocycles. The summed E-state index contributed by atoms with van der Waals surface area (Å²) in [7, 11) is 0. The number of nitrogens with one attached hydrogen (secondary N) is 1. The van der Waals surface area contributed by atoms with E-state index in [1.165, 1.54) is 0 Å². The van der Waals surface area contributed by atoms with Crippen LogP contribution in [-0.2, 0) is 50.5 Å². The number of benzene rings is 2. The van der Waals surface area contributed by atoms with E-state index in [2.05, 4.69) is 5.48 Å². The number of hydrogen-bond donors (Lipinski definition) is 4. The van der Waals surface area contributed by atoms with Gasteiger partial charge in [0.2, 0.25) is 0 Å². The van der Waals surface area contributed by atoms with Gasteiger partial charge in [-0.1, -0.05) is 74.0 Å². The monoisotopic (exact) mass is 422 g/mol. The molecule has 25 heavy (non-hydrogen) atoms. The number of aliphatic hydroxyl groups is 1. The predicted octanol–water partition coefficient (Wildman–Crippen LogP) is 3.17. The Morgan fingerprint density at radius 2 is 1.52 bits per heavy atom. The van der Waals surface area contributed by atoms with Gasteiger partial charge in [0, 0.05) is 45.7 Å². The number of hydroxylamine groups is 1. The fourth-order valence-electron chi connectivity index (χ4n) is 1.72. The third kappa shape index (κ3) is 12.8. The number of carboxylic acid groups (broad SMARTS) is 1. The zero-order chi connectivity index (χ0) is 18.4. The average Bonchev–Trinajstić information content (AvgIpc) is 2.60. The second kappa shape index (κ2) is 16.4. The molecule has 0 spiro atoms. The molecule has 6 heteroatoms. The van der Waals surface area contributed by atoms with Crippen LogP contribution in [0.5, 0.6) is 0 Å². The van der Waals surface area contributed by atoms with Crippen molar-refractivity contribution in [3.8, 4) is 0 Å². The Kier molecular flexibility index (Phi) is 17.1. The van der Waals surface area contributed by atoms with Gasteiger partial charge in [0.1, 0.15) is 0 Å². The van der Waals surface area contributed by atoms with E-state index in [0.717, 1.165) is 16.7 Å². The molecule has 1 atom stereocenters. The molecule has 0 saturated heterocycles. The van der Waals surface area contributed by atoms with Gasteiger partial charge in [0.15, 0.2) is 6.10 Å². The third-order valence-corrected chi connectivity index (χ3v) is 2.96. The van der Waals surface area contributed by atoms with Gasteiger partial charge >= 0.3 is 5.97 Å². The number of carbonyl (C=O) groups is 1. The van der Waals surface area contributed by atoms with E-state index >= 15 is 0 Å². The van der Waals surface area contributed by atoms with E-state index in [-0.39, 0.29) is 39.1 Å². The third-order valence-electron chi connectivity index (χ3n) is 2.96. The molecule has 5 nitrogen and oxygen atoms in total. The number of aliphatic carboxylic acids is 1. The first kappa shape index (κ1) is 26.1. The molecule has 0 amide bonds. The largest absolute Gasteiger partial charge is 0.479 e. The first-order valence-electron chi connectivity index (χ1n) is 7.90. The van der Waals surface area contributed by atoms with E-state index in [9.17, 15) is 4.79 Å². The number of aryl methyl sites for hydroxylation is 1. The quantitative estimate of drug-likeness (QED) is 0.556. The minimum atomic E-state index is -1.30. The molecule has 0 fully saturated rings. The molecular formula is C19H27NO4Y. The van der Waals surface area contributed by atoms with E-state index in [0.29, 0.717) is 6.54 Å². The van der Waals surface area contributed by atoms with Crippen molar-refractivity contribution in [1.29, 1.82) is 0 Å². The molecule has 0 saturated carbocycles. The molecule has 4 N–H and O–H groups in total. The topological polar surface area (TPSA) is 89.8 Å². The summed E-state index contributed by atoms with van der Waals surface area (Å²) in [6, 6.07) is 17.1. The van der Waals surface area contributed by atoms with Gasteiger partial charge in [-0.05, 0) is 18.1 Å². The van der Waals surface area contributed by atoms with Crippen LogP contribution in [0.25, 0.3) is 0 Å². The molecule has 1 radical (unpaired) electrons. The van der Waals surface area contributed by atoms with Crippen LogP contribution in [0.2, 0.25) is 0 Å². The van der Waals surface area contributed by atoms with Crippen molar-refractivity contribution in [3.63, 3.8) is 0 Å². The van der Waals surface area contributed by atoms with Gasteiger partial charge in [-0.2, -0.15) is 0 Å². The van der Waals surface area contributed by atoms with Crippen molar-refractivity contribution < 1.29 is 52.9 Å². The first-order chi connectivity index (χ1) is 11.5. The number of rotatable bonds is 5. The average molecular weight is 422 g/mol. The van der Waals surface area contributed by atoms with E-state index in [4.69, 9.17) is 15.4 Å². The maximum Gasteiger partial charge on any atom is 0.332 e. The molecule has 2 aromatic rings. The summed E-state index contributed by atoms with van der Waals surface area (Å²) < 4.78 is 0. The number of carboxylic acids is 1. The second-order valence-electron chi connectivity index (χ2n) is 4.86. The molecular weight excluding hydrogens is 395 g/mol. The molecule has 2 rings (SSSR count). The number of hydrogen-bond acceptors (Lipinski definition) is 4. The minimum absolute atomic E-state index is 0. The smallest absolute Gasteiger partial charge is 0.332 e. The van der Waals surface area contributed by atoms with E-state index < -0.39 is 12.1 Å². The fraction of sp³-hybridized carbons (Fsp3) is 0.316. The standard InChI is InChI=1S/C10H12O3.C7H9NO.C2H6.Y/c1-7-2-4-8(5-3-7)6-9(11)10(12)13;9-8-6-7-4-2-1-3-5-7;1-2;/h2-5,9,11H,6H2,1H3,(H,12,13);1-5,8-9H,6H2;1-2H3;. The zero-order valence-corrected chi connectivity index (χ0v) is 17.9. The Hall–Kier alpha value is -1.11. The predicted molar refractivity (Wildman–Crippen MR) is 94.9 cm³/mol. The molecule has 1 unspecified atom stereocenters. The second-order valence-corrected chi connectivity index (χ2v) is 4.86. The van der Waals surface area contributed by atoms with Gasteiger partial charge in [0.05, 0.1) is 0 Å². The number of aliphatic hydroxyl groups excluding tert-OH is 1. The van der Waals surface area contributed by atoms with Crippen molar-refractivity contribution in [1.82, 2.24) is 5.48 Å². The van der Waals surface area contributed by atoms with Crippen LogP contribution in [0.15, 0.2) is 54.6 Å². The molecule has 2 aromatic carbocycles. The SMILES string of the molecule is CC.Cc1ccc(CC(O)C(=O)O)cc1.ONCc1ccccc1.[Y]. The summed E-state index contributed by atoms with van der Waals surface area (Å²) in [4.78, 5) is 10.3. The van der Waals surface area contributed by atoms with Crippen molar-refractivity contribution >= 4 is 5.97 Å². The summed E-state index contributed by atoms with van der Waals surface area (Å²) >= 11 is 0. The van der Waals surface area contributed by atoms with Gasteiger partial charge in [-0.15, -0.1) is 0 Å². The van der Waals surface area contributed by atoms with Gasteiger partial charge in [-0.3, -0.25) is 0 Å². The summed E-state index contributed by atoms with van der Waals surface area (Å²) in [5.41, 5.74) is 5.12. The maximum atomic E-state index is 10.3. The van der Waals surface area contributed by atoms with Crippen molar-refractivity contribution in [2.24, 2.45) is 0 Å². The zero-order valence-electron chi connectivity index (χ0n) is 15.0. The van der Waals surface area contributed by atoms with Crippen molar-refractivity contribution in [2.45, 2.75) is 39.8 Å². The van der Waals surface area contributed by atoms with Crippen LogP contribution in [0.1, 0.15) is 30.5 Å². The van der Waals surface area contributed by atoms with Gasteiger partial charge in [-0.25, -0.2) is 10.3 Å². The fourth-order valence-corrected chi connectivity index (χ4v) is 1.72. The molecule has 0 aliphatic heterocycles.